The molecule has 0 N–H and O–H groups in total. The van der Waals surface area contributed by atoms with Gasteiger partial charge in [0.15, 0.2) is 11.5 Å². The first kappa shape index (κ1) is 22.2. The van der Waals surface area contributed by atoms with Crippen LogP contribution in [0.25, 0.3) is 11.6 Å². The van der Waals surface area contributed by atoms with Gasteiger partial charge in [0.05, 0.1) is 29.9 Å². The minimum atomic E-state index is 0.248. The minimum absolute atomic E-state index is 0.248. The SMILES string of the molecule is CCOc1cc(/C=C(/C#N)c2ccc(C)cc2)c(Br)cc1OCc1ccccc1C#N. The molecule has 4 nitrogen and oxygen atoms in total. The van der Waals surface area contributed by atoms with E-state index in [2.05, 4.69) is 28.1 Å². The average Bonchev–Trinajstić information content (AvgIpc) is 2.79. The maximum absolute atomic E-state index is 9.67. The van der Waals surface area contributed by atoms with Gasteiger partial charge in [-0.3, -0.25) is 0 Å². The monoisotopic (exact) mass is 472 g/mol. The second-order valence-electron chi connectivity index (χ2n) is 6.85. The molecule has 154 valence electrons. The molecular formula is C26H21BrN2O2. The summed E-state index contributed by atoms with van der Waals surface area (Å²) in [6.45, 7) is 4.63. The quantitative estimate of drug-likeness (QED) is 0.284. The van der Waals surface area contributed by atoms with Gasteiger partial charge in [-0.2, -0.15) is 10.5 Å². The van der Waals surface area contributed by atoms with Crippen LogP contribution < -0.4 is 9.47 Å². The molecule has 0 aliphatic rings. The van der Waals surface area contributed by atoms with E-state index in [4.69, 9.17) is 9.47 Å². The van der Waals surface area contributed by atoms with Crippen molar-refractivity contribution in [2.45, 2.75) is 20.5 Å². The Balaban J connectivity index is 1.93. The summed E-state index contributed by atoms with van der Waals surface area (Å²) in [5, 5.41) is 19.0. The van der Waals surface area contributed by atoms with E-state index < -0.39 is 0 Å². The molecule has 0 aromatic heterocycles. The van der Waals surface area contributed by atoms with Crippen LogP contribution >= 0.6 is 15.9 Å². The van der Waals surface area contributed by atoms with Gasteiger partial charge in [0.2, 0.25) is 0 Å². The number of rotatable bonds is 7. The number of ether oxygens (including phenoxy) is 2. The zero-order chi connectivity index (χ0) is 22.2. The molecule has 0 fully saturated rings. The lowest BCUT2D eigenvalue weighted by molar-refractivity contribution is 0.269. The van der Waals surface area contributed by atoms with Crippen molar-refractivity contribution in [2.24, 2.45) is 0 Å². The Kier molecular flexibility index (Phi) is 7.49. The Bertz CT molecular complexity index is 1190. The fourth-order valence-corrected chi connectivity index (χ4v) is 3.46. The van der Waals surface area contributed by atoms with Gasteiger partial charge in [-0.25, -0.2) is 0 Å². The Morgan fingerprint density at radius 2 is 1.71 bits per heavy atom. The molecule has 0 saturated heterocycles. The van der Waals surface area contributed by atoms with Gasteiger partial charge < -0.3 is 9.47 Å². The van der Waals surface area contributed by atoms with Gasteiger partial charge in [0, 0.05) is 10.0 Å². The van der Waals surface area contributed by atoms with E-state index in [1.807, 2.05) is 74.5 Å². The van der Waals surface area contributed by atoms with Crippen LogP contribution in [0.4, 0.5) is 0 Å². The van der Waals surface area contributed by atoms with Crippen LogP contribution in [0.3, 0.4) is 0 Å². The molecular weight excluding hydrogens is 452 g/mol. The molecule has 3 aromatic carbocycles. The lowest BCUT2D eigenvalue weighted by Gasteiger charge is -2.15. The Hall–Kier alpha value is -3.54. The summed E-state index contributed by atoms with van der Waals surface area (Å²) in [5.41, 5.74) is 4.74. The summed E-state index contributed by atoms with van der Waals surface area (Å²) in [7, 11) is 0. The van der Waals surface area contributed by atoms with Gasteiger partial charge in [0.1, 0.15) is 6.61 Å². The number of allylic oxidation sites excluding steroid dienone is 1. The normalized spacial score (nSPS) is 10.8. The molecule has 3 rings (SSSR count). The minimum Gasteiger partial charge on any atom is -0.490 e. The molecule has 3 aromatic rings. The molecule has 0 aliphatic heterocycles. The van der Waals surface area contributed by atoms with Gasteiger partial charge in [0.25, 0.3) is 0 Å². The van der Waals surface area contributed by atoms with E-state index in [1.165, 1.54) is 0 Å². The highest BCUT2D eigenvalue weighted by Gasteiger charge is 2.12. The third-order valence-corrected chi connectivity index (χ3v) is 5.35. The Morgan fingerprint density at radius 3 is 2.39 bits per heavy atom. The van der Waals surface area contributed by atoms with Crippen molar-refractivity contribution in [1.82, 2.24) is 0 Å². The van der Waals surface area contributed by atoms with Crippen LogP contribution in [0.5, 0.6) is 11.5 Å². The lowest BCUT2D eigenvalue weighted by Crippen LogP contribution is -2.02. The van der Waals surface area contributed by atoms with Crippen LogP contribution in [0.1, 0.15) is 34.7 Å². The maximum Gasteiger partial charge on any atom is 0.162 e. The zero-order valence-electron chi connectivity index (χ0n) is 17.4. The smallest absolute Gasteiger partial charge is 0.162 e. The summed E-state index contributed by atoms with van der Waals surface area (Å²) >= 11 is 3.59. The predicted molar refractivity (Wildman–Crippen MR) is 125 cm³/mol. The number of nitriles is 2. The van der Waals surface area contributed by atoms with Crippen molar-refractivity contribution in [3.8, 4) is 23.6 Å². The summed E-state index contributed by atoms with van der Waals surface area (Å²) in [6, 6.07) is 23.3. The Morgan fingerprint density at radius 1 is 1.00 bits per heavy atom. The van der Waals surface area contributed by atoms with Gasteiger partial charge in [-0.05, 0) is 49.2 Å². The highest BCUT2D eigenvalue weighted by Crippen LogP contribution is 2.36. The van der Waals surface area contributed by atoms with Crippen LogP contribution in [-0.4, -0.2) is 6.61 Å². The van der Waals surface area contributed by atoms with Crippen molar-refractivity contribution in [3.63, 3.8) is 0 Å². The molecule has 0 heterocycles. The van der Waals surface area contributed by atoms with Crippen LogP contribution in [0.2, 0.25) is 0 Å². The zero-order valence-corrected chi connectivity index (χ0v) is 18.9. The molecule has 0 bridgehead atoms. The Labute approximate surface area is 191 Å². The predicted octanol–water partition coefficient (Wildman–Crippen LogP) is 6.67. The second-order valence-corrected chi connectivity index (χ2v) is 7.70. The first-order chi connectivity index (χ1) is 15.0. The molecule has 0 atom stereocenters. The van der Waals surface area contributed by atoms with Crippen LogP contribution in [0.15, 0.2) is 65.1 Å². The van der Waals surface area contributed by atoms with E-state index in [1.54, 1.807) is 6.07 Å². The van der Waals surface area contributed by atoms with Crippen molar-refractivity contribution in [2.75, 3.05) is 6.61 Å². The van der Waals surface area contributed by atoms with Gasteiger partial charge in [-0.1, -0.05) is 64.0 Å². The van der Waals surface area contributed by atoms with Crippen molar-refractivity contribution in [3.05, 3.63) is 93.0 Å². The highest BCUT2D eigenvalue weighted by molar-refractivity contribution is 9.10. The first-order valence-electron chi connectivity index (χ1n) is 9.81. The van der Waals surface area contributed by atoms with Gasteiger partial charge >= 0.3 is 0 Å². The first-order valence-corrected chi connectivity index (χ1v) is 10.6. The van der Waals surface area contributed by atoms with E-state index in [0.29, 0.717) is 29.2 Å². The van der Waals surface area contributed by atoms with E-state index in [-0.39, 0.29) is 6.61 Å². The number of halogens is 1. The third kappa shape index (κ3) is 5.54. The van der Waals surface area contributed by atoms with Crippen molar-refractivity contribution in [1.29, 1.82) is 10.5 Å². The largest absolute Gasteiger partial charge is 0.490 e. The number of nitrogens with zero attached hydrogens (tertiary/aromatic N) is 2. The summed E-state index contributed by atoms with van der Waals surface area (Å²) in [4.78, 5) is 0. The third-order valence-electron chi connectivity index (χ3n) is 4.67. The van der Waals surface area contributed by atoms with Crippen molar-refractivity contribution >= 4 is 27.6 Å². The number of benzene rings is 3. The summed E-state index contributed by atoms with van der Waals surface area (Å²) < 4.78 is 12.6. The highest BCUT2D eigenvalue weighted by atomic mass is 79.9. The number of hydrogen-bond donors (Lipinski definition) is 0. The van der Waals surface area contributed by atoms with E-state index in [0.717, 1.165) is 26.7 Å². The maximum atomic E-state index is 9.67. The van der Waals surface area contributed by atoms with E-state index in [9.17, 15) is 10.5 Å². The van der Waals surface area contributed by atoms with Crippen molar-refractivity contribution < 1.29 is 9.47 Å². The molecule has 0 amide bonds. The summed E-state index contributed by atoms with van der Waals surface area (Å²) in [6.07, 6.45) is 1.83. The molecule has 0 unspecified atom stereocenters. The lowest BCUT2D eigenvalue weighted by atomic mass is 10.0. The van der Waals surface area contributed by atoms with E-state index >= 15 is 0 Å². The van der Waals surface area contributed by atoms with Crippen LogP contribution in [-0.2, 0) is 6.61 Å². The fourth-order valence-electron chi connectivity index (χ4n) is 3.02. The molecule has 0 radical (unpaired) electrons. The molecule has 0 saturated carbocycles. The molecule has 0 spiro atoms. The molecule has 5 heteroatoms. The standard InChI is InChI=1S/C26H21BrN2O2/c1-3-30-25-13-22(12-23(16-29)19-10-8-18(2)9-11-19)24(27)14-26(25)31-17-21-7-5-4-6-20(21)15-28/h4-14H,3,17H2,1-2H3/b23-12-. The average molecular weight is 473 g/mol. The second kappa shape index (κ2) is 10.5. The fraction of sp³-hybridized carbons (Fsp3) is 0.154. The van der Waals surface area contributed by atoms with Gasteiger partial charge in [-0.15, -0.1) is 0 Å². The summed E-state index contributed by atoms with van der Waals surface area (Å²) in [5.74, 6) is 1.14. The van der Waals surface area contributed by atoms with Crippen LogP contribution in [0, 0.1) is 29.6 Å². The topological polar surface area (TPSA) is 66.0 Å². The number of aryl methyl sites for hydroxylation is 1. The molecule has 0 aliphatic carbocycles. The molecule has 31 heavy (non-hydrogen) atoms. The number of hydrogen-bond acceptors (Lipinski definition) is 4.